The fraction of sp³-hybridized carbons (Fsp3) is 0.696. The number of hydrogen-bond donors (Lipinski definition) is 1. The van der Waals surface area contributed by atoms with Gasteiger partial charge in [-0.2, -0.15) is 0 Å². The van der Waals surface area contributed by atoms with Gasteiger partial charge in [0, 0.05) is 56.7 Å². The van der Waals surface area contributed by atoms with E-state index in [4.69, 9.17) is 10.5 Å². The predicted octanol–water partition coefficient (Wildman–Crippen LogP) is 3.66. The first-order valence-corrected chi connectivity index (χ1v) is 11.0. The van der Waals surface area contributed by atoms with Gasteiger partial charge in [0.25, 0.3) is 0 Å². The molecule has 1 amide bonds. The molecule has 2 fully saturated rings. The molecular weight excluding hydrogens is 364 g/mol. The molecule has 2 heterocycles. The van der Waals surface area contributed by atoms with Crippen LogP contribution in [0.15, 0.2) is 12.1 Å². The Morgan fingerprint density at radius 2 is 1.72 bits per heavy atom. The highest BCUT2D eigenvalue weighted by Gasteiger charge is 2.31. The Bertz CT molecular complexity index is 712. The number of carbonyl (C=O) groups is 1. The lowest BCUT2D eigenvalue weighted by Gasteiger charge is -2.43. The predicted molar refractivity (Wildman–Crippen MR) is 120 cm³/mol. The number of anilines is 2. The zero-order valence-electron chi connectivity index (χ0n) is 18.8. The number of carbonyl (C=O) groups excluding carboxylic acids is 1. The van der Waals surface area contributed by atoms with Crippen molar-refractivity contribution in [1.29, 1.82) is 0 Å². The van der Waals surface area contributed by atoms with Crippen molar-refractivity contribution in [1.82, 2.24) is 9.80 Å². The van der Waals surface area contributed by atoms with E-state index in [2.05, 4.69) is 35.8 Å². The van der Waals surface area contributed by atoms with Crippen LogP contribution in [0.25, 0.3) is 0 Å². The first-order chi connectivity index (χ1) is 13.7. The van der Waals surface area contributed by atoms with Crippen molar-refractivity contribution >= 4 is 17.5 Å². The topological polar surface area (TPSA) is 62.0 Å². The van der Waals surface area contributed by atoms with E-state index in [1.54, 1.807) is 0 Å². The number of nitrogens with two attached hydrogens (primary N) is 1. The van der Waals surface area contributed by atoms with Gasteiger partial charge in [0.1, 0.15) is 5.60 Å². The van der Waals surface area contributed by atoms with E-state index in [1.807, 2.05) is 25.7 Å². The van der Waals surface area contributed by atoms with Crippen molar-refractivity contribution < 1.29 is 9.53 Å². The molecule has 6 heteroatoms. The van der Waals surface area contributed by atoms with Gasteiger partial charge in [0.2, 0.25) is 0 Å². The summed E-state index contributed by atoms with van der Waals surface area (Å²) in [6.45, 7) is 15.6. The summed E-state index contributed by atoms with van der Waals surface area (Å²) in [5, 5.41) is 0. The standard InChI is InChI=1S/C23H38N4O2/c1-6-18-16-21(17(2)15-20(18)24)26-9-7-19(8-10-26)25-11-13-27(14-12-25)22(28)29-23(3,4)5/h15-16,19H,6-14,24H2,1-5H3. The molecule has 2 aliphatic rings. The minimum Gasteiger partial charge on any atom is -0.444 e. The van der Waals surface area contributed by atoms with Crippen LogP contribution in [0.5, 0.6) is 0 Å². The van der Waals surface area contributed by atoms with Crippen LogP contribution in [0.3, 0.4) is 0 Å². The number of nitrogens with zero attached hydrogens (tertiary/aromatic N) is 3. The molecule has 162 valence electrons. The molecule has 2 saturated heterocycles. The summed E-state index contributed by atoms with van der Waals surface area (Å²) in [7, 11) is 0. The summed E-state index contributed by atoms with van der Waals surface area (Å²) in [4.78, 5) is 19.2. The quantitative estimate of drug-likeness (QED) is 0.782. The third-order valence-corrected chi connectivity index (χ3v) is 6.13. The summed E-state index contributed by atoms with van der Waals surface area (Å²) in [6, 6.07) is 5.01. The zero-order valence-corrected chi connectivity index (χ0v) is 18.8. The molecular formula is C23H38N4O2. The van der Waals surface area contributed by atoms with E-state index in [9.17, 15) is 4.79 Å². The Kier molecular flexibility index (Phi) is 6.62. The van der Waals surface area contributed by atoms with Gasteiger partial charge >= 0.3 is 6.09 Å². The maximum Gasteiger partial charge on any atom is 0.410 e. The zero-order chi connectivity index (χ0) is 21.2. The van der Waals surface area contributed by atoms with Gasteiger partial charge in [0.15, 0.2) is 0 Å². The van der Waals surface area contributed by atoms with Crippen molar-refractivity contribution in [3.05, 3.63) is 23.3 Å². The largest absolute Gasteiger partial charge is 0.444 e. The van der Waals surface area contributed by atoms with Crippen molar-refractivity contribution in [2.75, 3.05) is 49.9 Å². The van der Waals surface area contributed by atoms with Gasteiger partial charge in [-0.1, -0.05) is 6.92 Å². The lowest BCUT2D eigenvalue weighted by Crippen LogP contribution is -2.55. The van der Waals surface area contributed by atoms with Crippen LogP contribution in [-0.4, -0.2) is 66.8 Å². The van der Waals surface area contributed by atoms with Gasteiger partial charge in [-0.25, -0.2) is 4.79 Å². The van der Waals surface area contributed by atoms with Crippen molar-refractivity contribution in [3.63, 3.8) is 0 Å². The van der Waals surface area contributed by atoms with E-state index >= 15 is 0 Å². The van der Waals surface area contributed by atoms with Crippen LogP contribution < -0.4 is 10.6 Å². The van der Waals surface area contributed by atoms with Crippen LogP contribution in [0.2, 0.25) is 0 Å². The molecule has 0 unspecified atom stereocenters. The number of piperazine rings is 1. The lowest BCUT2D eigenvalue weighted by molar-refractivity contribution is 0.00902. The highest BCUT2D eigenvalue weighted by molar-refractivity contribution is 5.68. The molecule has 0 aromatic heterocycles. The molecule has 2 N–H and O–H groups in total. The van der Waals surface area contributed by atoms with E-state index in [0.717, 1.165) is 64.2 Å². The van der Waals surface area contributed by atoms with Gasteiger partial charge < -0.3 is 20.3 Å². The molecule has 2 aliphatic heterocycles. The minimum atomic E-state index is -0.432. The average Bonchev–Trinajstić information content (AvgIpc) is 2.67. The van der Waals surface area contributed by atoms with Gasteiger partial charge in [-0.3, -0.25) is 4.90 Å². The monoisotopic (exact) mass is 402 g/mol. The number of rotatable bonds is 3. The Balaban J connectivity index is 1.51. The van der Waals surface area contributed by atoms with Crippen LogP contribution in [0.1, 0.15) is 51.7 Å². The number of aryl methyl sites for hydroxylation is 2. The molecule has 0 radical (unpaired) electrons. The van der Waals surface area contributed by atoms with E-state index < -0.39 is 5.60 Å². The van der Waals surface area contributed by atoms with Crippen molar-refractivity contribution in [3.8, 4) is 0 Å². The molecule has 0 saturated carbocycles. The van der Waals surface area contributed by atoms with E-state index in [1.165, 1.54) is 16.8 Å². The van der Waals surface area contributed by atoms with Crippen LogP contribution >= 0.6 is 0 Å². The molecule has 0 atom stereocenters. The van der Waals surface area contributed by atoms with Gasteiger partial charge in [-0.15, -0.1) is 0 Å². The van der Waals surface area contributed by atoms with E-state index in [0.29, 0.717) is 6.04 Å². The average molecular weight is 403 g/mol. The summed E-state index contributed by atoms with van der Waals surface area (Å²) < 4.78 is 5.51. The Labute approximate surface area is 176 Å². The smallest absolute Gasteiger partial charge is 0.410 e. The van der Waals surface area contributed by atoms with Crippen LogP contribution in [-0.2, 0) is 11.2 Å². The van der Waals surface area contributed by atoms with Gasteiger partial charge in [-0.05, 0) is 70.2 Å². The van der Waals surface area contributed by atoms with Crippen molar-refractivity contribution in [2.45, 2.75) is 65.5 Å². The summed E-state index contributed by atoms with van der Waals surface area (Å²) in [5.41, 5.74) is 10.5. The molecule has 3 rings (SSSR count). The molecule has 1 aromatic carbocycles. The Morgan fingerprint density at radius 1 is 1.10 bits per heavy atom. The highest BCUT2D eigenvalue weighted by atomic mass is 16.6. The number of amides is 1. The summed E-state index contributed by atoms with van der Waals surface area (Å²) >= 11 is 0. The number of ether oxygens (including phenoxy) is 1. The molecule has 1 aromatic rings. The maximum absolute atomic E-state index is 12.3. The third kappa shape index (κ3) is 5.35. The first kappa shape index (κ1) is 21.8. The van der Waals surface area contributed by atoms with Crippen molar-refractivity contribution in [2.24, 2.45) is 0 Å². The van der Waals surface area contributed by atoms with Crippen LogP contribution in [0, 0.1) is 6.92 Å². The molecule has 0 aliphatic carbocycles. The Morgan fingerprint density at radius 3 is 2.28 bits per heavy atom. The number of nitrogen functional groups attached to an aromatic ring is 1. The normalized spacial score (nSPS) is 19.5. The van der Waals surface area contributed by atoms with Crippen LogP contribution in [0.4, 0.5) is 16.2 Å². The SMILES string of the molecule is CCc1cc(N2CCC(N3CCN(C(=O)OC(C)(C)C)CC3)CC2)c(C)cc1N. The number of hydrogen-bond acceptors (Lipinski definition) is 5. The van der Waals surface area contributed by atoms with E-state index in [-0.39, 0.29) is 6.09 Å². The second-order valence-electron chi connectivity index (χ2n) is 9.41. The summed E-state index contributed by atoms with van der Waals surface area (Å²) in [5.74, 6) is 0. The molecule has 29 heavy (non-hydrogen) atoms. The highest BCUT2D eigenvalue weighted by Crippen LogP contribution is 2.30. The molecule has 6 nitrogen and oxygen atoms in total. The third-order valence-electron chi connectivity index (χ3n) is 6.13. The summed E-state index contributed by atoms with van der Waals surface area (Å²) in [6.07, 6.45) is 3.12. The Hall–Kier alpha value is -1.95. The minimum absolute atomic E-state index is 0.183. The number of benzene rings is 1. The fourth-order valence-corrected chi connectivity index (χ4v) is 4.48. The number of piperidine rings is 1. The fourth-order valence-electron chi connectivity index (χ4n) is 4.48. The lowest BCUT2D eigenvalue weighted by atomic mass is 9.99. The first-order valence-electron chi connectivity index (χ1n) is 11.0. The molecule has 0 bridgehead atoms. The van der Waals surface area contributed by atoms with Gasteiger partial charge in [0.05, 0.1) is 0 Å². The molecule has 0 spiro atoms. The maximum atomic E-state index is 12.3. The second kappa shape index (κ2) is 8.82. The second-order valence-corrected chi connectivity index (χ2v) is 9.41.